The monoisotopic (exact) mass is 274 g/mol. The first-order valence-corrected chi connectivity index (χ1v) is 6.01. The number of nitrogen functional groups attached to an aromatic ring is 2. The van der Waals surface area contributed by atoms with Crippen LogP contribution in [0.4, 0.5) is 11.8 Å². The largest absolute Gasteiger partial charge is 0.383 e. The molecule has 0 aliphatic heterocycles. The van der Waals surface area contributed by atoms with Crippen LogP contribution in [0.15, 0.2) is 24.3 Å². The molecule has 0 fully saturated rings. The maximum Gasteiger partial charge on any atom is 0.224 e. The second kappa shape index (κ2) is 4.40. The summed E-state index contributed by atoms with van der Waals surface area (Å²) in [7, 11) is 0. The van der Waals surface area contributed by atoms with Gasteiger partial charge in [0.05, 0.1) is 11.1 Å². The van der Waals surface area contributed by atoms with E-state index in [0.29, 0.717) is 28.3 Å². The van der Waals surface area contributed by atoms with Crippen LogP contribution in [0, 0.1) is 0 Å². The summed E-state index contributed by atoms with van der Waals surface area (Å²) in [5.41, 5.74) is 13.8. The van der Waals surface area contributed by atoms with E-state index in [4.69, 9.17) is 23.1 Å². The minimum Gasteiger partial charge on any atom is -0.383 e. The minimum atomic E-state index is 0.120. The number of anilines is 2. The summed E-state index contributed by atoms with van der Waals surface area (Å²) in [6.07, 6.45) is 0.644. The van der Waals surface area contributed by atoms with Crippen LogP contribution in [-0.4, -0.2) is 20.2 Å². The van der Waals surface area contributed by atoms with E-state index < -0.39 is 0 Å². The van der Waals surface area contributed by atoms with Gasteiger partial charge >= 0.3 is 0 Å². The number of rotatable bonds is 2. The molecule has 0 saturated heterocycles. The fourth-order valence-corrected chi connectivity index (χ4v) is 2.09. The molecule has 0 unspecified atom stereocenters. The summed E-state index contributed by atoms with van der Waals surface area (Å²) in [6, 6.07) is 7.58. The van der Waals surface area contributed by atoms with Crippen molar-refractivity contribution in [1.82, 2.24) is 20.2 Å². The Morgan fingerprint density at radius 3 is 2.58 bits per heavy atom. The van der Waals surface area contributed by atoms with Crippen LogP contribution < -0.4 is 11.5 Å². The summed E-state index contributed by atoms with van der Waals surface area (Å²) in [6.45, 7) is 0. The van der Waals surface area contributed by atoms with Crippen LogP contribution in [0.1, 0.15) is 11.3 Å². The van der Waals surface area contributed by atoms with Gasteiger partial charge < -0.3 is 11.5 Å². The molecule has 96 valence electrons. The summed E-state index contributed by atoms with van der Waals surface area (Å²) in [5, 5.41) is 8.43. The van der Waals surface area contributed by atoms with E-state index in [0.717, 1.165) is 11.3 Å². The lowest BCUT2D eigenvalue weighted by molar-refractivity contribution is 1.01. The third kappa shape index (κ3) is 2.17. The maximum atomic E-state index is 5.87. The van der Waals surface area contributed by atoms with Crippen LogP contribution >= 0.6 is 11.6 Å². The predicted molar refractivity (Wildman–Crippen MR) is 74.8 cm³/mol. The molecule has 7 heteroatoms. The number of nitrogens with two attached hydrogens (primary N) is 2. The zero-order valence-corrected chi connectivity index (χ0v) is 10.6. The van der Waals surface area contributed by atoms with Crippen molar-refractivity contribution in [2.24, 2.45) is 0 Å². The van der Waals surface area contributed by atoms with Gasteiger partial charge in [-0.2, -0.15) is 15.1 Å². The van der Waals surface area contributed by atoms with E-state index in [1.165, 1.54) is 0 Å². The van der Waals surface area contributed by atoms with Crippen molar-refractivity contribution in [3.05, 3.63) is 40.5 Å². The van der Waals surface area contributed by atoms with Crippen LogP contribution in [0.2, 0.25) is 5.02 Å². The summed E-state index contributed by atoms with van der Waals surface area (Å²) >= 11 is 5.86. The molecule has 0 aliphatic carbocycles. The molecule has 0 saturated carbocycles. The van der Waals surface area contributed by atoms with Gasteiger partial charge in [0, 0.05) is 11.4 Å². The number of aromatic amines is 1. The average molecular weight is 275 g/mol. The Morgan fingerprint density at radius 1 is 1.11 bits per heavy atom. The number of nitrogens with zero attached hydrogens (tertiary/aromatic N) is 3. The highest BCUT2D eigenvalue weighted by atomic mass is 35.5. The summed E-state index contributed by atoms with van der Waals surface area (Å²) in [4.78, 5) is 7.99. The van der Waals surface area contributed by atoms with Gasteiger partial charge in [-0.15, -0.1) is 0 Å². The Hall–Kier alpha value is -2.34. The number of benzene rings is 1. The Morgan fingerprint density at radius 2 is 1.84 bits per heavy atom. The molecule has 0 bridgehead atoms. The highest BCUT2D eigenvalue weighted by Gasteiger charge is 2.12. The van der Waals surface area contributed by atoms with E-state index in [1.54, 1.807) is 0 Å². The number of fused-ring (bicyclic) bond motifs is 1. The normalized spacial score (nSPS) is 11.0. The smallest absolute Gasteiger partial charge is 0.224 e. The van der Waals surface area contributed by atoms with Gasteiger partial charge in [0.15, 0.2) is 5.65 Å². The molecule has 2 aromatic heterocycles. The lowest BCUT2D eigenvalue weighted by atomic mass is 10.1. The third-order valence-electron chi connectivity index (χ3n) is 2.83. The molecule has 3 aromatic rings. The minimum absolute atomic E-state index is 0.120. The average Bonchev–Trinajstić information content (AvgIpc) is 2.75. The lowest BCUT2D eigenvalue weighted by Crippen LogP contribution is -2.00. The zero-order chi connectivity index (χ0) is 13.4. The summed E-state index contributed by atoms with van der Waals surface area (Å²) in [5.74, 6) is 0.453. The van der Waals surface area contributed by atoms with Crippen molar-refractivity contribution in [3.63, 3.8) is 0 Å². The molecule has 0 amide bonds. The predicted octanol–water partition coefficient (Wildman–Crippen LogP) is 1.76. The van der Waals surface area contributed by atoms with E-state index in [1.807, 2.05) is 24.3 Å². The van der Waals surface area contributed by atoms with Gasteiger partial charge in [0.25, 0.3) is 0 Å². The second-order valence-corrected chi connectivity index (χ2v) is 4.61. The molecule has 0 spiro atoms. The molecular formula is C12H11ClN6. The van der Waals surface area contributed by atoms with E-state index in [9.17, 15) is 0 Å². The van der Waals surface area contributed by atoms with E-state index in [-0.39, 0.29) is 5.95 Å². The SMILES string of the molecule is Nc1nc(N)c2c(Cc3ccc(Cl)cc3)[nH]nc2n1. The number of nitrogens with one attached hydrogen (secondary N) is 1. The number of aromatic nitrogens is 4. The highest BCUT2D eigenvalue weighted by molar-refractivity contribution is 6.30. The van der Waals surface area contributed by atoms with Crippen molar-refractivity contribution in [1.29, 1.82) is 0 Å². The van der Waals surface area contributed by atoms with E-state index in [2.05, 4.69) is 20.2 Å². The Bertz CT molecular complexity index is 734. The van der Waals surface area contributed by atoms with Crippen LogP contribution in [-0.2, 0) is 6.42 Å². The van der Waals surface area contributed by atoms with Gasteiger partial charge in [0.1, 0.15) is 5.82 Å². The topological polar surface area (TPSA) is 106 Å². The number of hydrogen-bond acceptors (Lipinski definition) is 5. The zero-order valence-electron chi connectivity index (χ0n) is 9.89. The first-order chi connectivity index (χ1) is 9.13. The van der Waals surface area contributed by atoms with Crippen molar-refractivity contribution in [2.75, 3.05) is 11.5 Å². The van der Waals surface area contributed by atoms with Crippen molar-refractivity contribution >= 4 is 34.4 Å². The van der Waals surface area contributed by atoms with Crippen LogP contribution in [0.25, 0.3) is 11.0 Å². The van der Waals surface area contributed by atoms with Crippen molar-refractivity contribution in [2.45, 2.75) is 6.42 Å². The Balaban J connectivity index is 2.04. The molecule has 6 nitrogen and oxygen atoms in total. The Kier molecular flexibility index (Phi) is 2.72. The standard InChI is InChI=1S/C12H11ClN6/c13-7-3-1-6(2-4-7)5-8-9-10(14)16-12(15)17-11(9)19-18-8/h1-4H,5H2,(H5,14,15,16,17,18,19). The quantitative estimate of drug-likeness (QED) is 0.660. The second-order valence-electron chi connectivity index (χ2n) is 4.17. The van der Waals surface area contributed by atoms with Gasteiger partial charge in [0.2, 0.25) is 5.95 Å². The van der Waals surface area contributed by atoms with Gasteiger partial charge in [-0.25, -0.2) is 0 Å². The molecule has 0 aliphatic rings. The van der Waals surface area contributed by atoms with Crippen molar-refractivity contribution < 1.29 is 0 Å². The van der Waals surface area contributed by atoms with Crippen molar-refractivity contribution in [3.8, 4) is 0 Å². The first-order valence-electron chi connectivity index (χ1n) is 5.64. The molecule has 0 atom stereocenters. The van der Waals surface area contributed by atoms with Gasteiger partial charge in [-0.1, -0.05) is 23.7 Å². The fourth-order valence-electron chi connectivity index (χ4n) is 1.96. The lowest BCUT2D eigenvalue weighted by Gasteiger charge is -2.02. The molecule has 1 aromatic carbocycles. The number of hydrogen-bond donors (Lipinski definition) is 3. The third-order valence-corrected chi connectivity index (χ3v) is 3.08. The first kappa shape index (κ1) is 11.7. The van der Waals surface area contributed by atoms with Crippen LogP contribution in [0.3, 0.4) is 0 Å². The summed E-state index contributed by atoms with van der Waals surface area (Å²) < 4.78 is 0. The molecule has 19 heavy (non-hydrogen) atoms. The number of H-pyrrole nitrogens is 1. The fraction of sp³-hybridized carbons (Fsp3) is 0.0833. The van der Waals surface area contributed by atoms with E-state index >= 15 is 0 Å². The van der Waals surface area contributed by atoms with Gasteiger partial charge in [-0.3, -0.25) is 5.10 Å². The highest BCUT2D eigenvalue weighted by Crippen LogP contribution is 2.23. The Labute approximate surface area is 113 Å². The molecule has 5 N–H and O–H groups in total. The molecule has 3 rings (SSSR count). The molecular weight excluding hydrogens is 264 g/mol. The number of halogens is 1. The van der Waals surface area contributed by atoms with Gasteiger partial charge in [-0.05, 0) is 17.7 Å². The molecule has 2 heterocycles. The van der Waals surface area contributed by atoms with Crippen LogP contribution in [0.5, 0.6) is 0 Å². The maximum absolute atomic E-state index is 5.87. The molecule has 0 radical (unpaired) electrons.